The second-order valence-electron chi connectivity index (χ2n) is 7.96. The summed E-state index contributed by atoms with van der Waals surface area (Å²) in [7, 11) is 0. The van der Waals surface area contributed by atoms with Crippen molar-refractivity contribution in [2.75, 3.05) is 25.0 Å². The zero-order valence-electron chi connectivity index (χ0n) is 16.9. The molecule has 0 spiro atoms. The van der Waals surface area contributed by atoms with Gasteiger partial charge in [0.05, 0.1) is 22.5 Å². The van der Waals surface area contributed by atoms with Crippen LogP contribution in [0.2, 0.25) is 5.02 Å². The van der Waals surface area contributed by atoms with Crippen molar-refractivity contribution in [1.82, 2.24) is 21.3 Å². The molecule has 0 saturated heterocycles. The van der Waals surface area contributed by atoms with Crippen molar-refractivity contribution in [2.24, 2.45) is 0 Å². The third-order valence-electron chi connectivity index (χ3n) is 6.02. The molecule has 5 nitrogen and oxygen atoms in total. The van der Waals surface area contributed by atoms with Gasteiger partial charge in [0.1, 0.15) is 5.82 Å². The third-order valence-corrected chi connectivity index (χ3v) is 6.31. The Balaban J connectivity index is 1.58. The van der Waals surface area contributed by atoms with Crippen LogP contribution in [0.25, 0.3) is 11.3 Å². The smallest absolute Gasteiger partial charge is 0.141 e. The van der Waals surface area contributed by atoms with Gasteiger partial charge in [-0.1, -0.05) is 29.8 Å². The molecule has 5 rings (SSSR count). The average molecular weight is 426 g/mol. The van der Waals surface area contributed by atoms with Crippen LogP contribution in [-0.2, 0) is 0 Å². The summed E-state index contributed by atoms with van der Waals surface area (Å²) in [6.07, 6.45) is 4.19. The molecule has 156 valence electrons. The maximum absolute atomic E-state index is 13.6. The number of nitrogens with one attached hydrogen (secondary N) is 4. The number of anilines is 1. The second kappa shape index (κ2) is 7.95. The van der Waals surface area contributed by atoms with Gasteiger partial charge in [0.2, 0.25) is 0 Å². The summed E-state index contributed by atoms with van der Waals surface area (Å²) in [6.45, 7) is 4.84. The van der Waals surface area contributed by atoms with Gasteiger partial charge < -0.3 is 16.1 Å². The molecule has 0 amide bonds. The second-order valence-corrected chi connectivity index (χ2v) is 8.37. The van der Waals surface area contributed by atoms with E-state index in [4.69, 9.17) is 11.6 Å². The maximum atomic E-state index is 13.6. The highest BCUT2D eigenvalue weighted by Gasteiger charge is 2.30. The van der Waals surface area contributed by atoms with E-state index >= 15 is 0 Å². The van der Waals surface area contributed by atoms with Crippen molar-refractivity contribution < 1.29 is 4.39 Å². The van der Waals surface area contributed by atoms with Crippen LogP contribution < -0.4 is 21.6 Å². The third kappa shape index (κ3) is 3.55. The first-order valence-corrected chi connectivity index (χ1v) is 10.7. The van der Waals surface area contributed by atoms with E-state index < -0.39 is 5.82 Å². The lowest BCUT2D eigenvalue weighted by Gasteiger charge is -2.23. The van der Waals surface area contributed by atoms with Crippen LogP contribution in [-0.4, -0.2) is 24.6 Å². The van der Waals surface area contributed by atoms with Crippen LogP contribution in [0.3, 0.4) is 0 Å². The van der Waals surface area contributed by atoms with Crippen molar-refractivity contribution in [3.63, 3.8) is 0 Å². The lowest BCUT2D eigenvalue weighted by atomic mass is 9.91. The Hall–Kier alpha value is -2.54. The van der Waals surface area contributed by atoms with E-state index in [0.717, 1.165) is 43.9 Å². The fraction of sp³-hybridized carbons (Fsp3) is 0.304. The van der Waals surface area contributed by atoms with Crippen molar-refractivity contribution in [2.45, 2.75) is 25.8 Å². The van der Waals surface area contributed by atoms with Crippen LogP contribution in [0.1, 0.15) is 42.5 Å². The van der Waals surface area contributed by atoms with Crippen LogP contribution >= 0.6 is 11.6 Å². The topological polar surface area (TPSA) is 51.4 Å². The monoisotopic (exact) mass is 425 g/mol. The Kier molecular flexibility index (Phi) is 5.15. The van der Waals surface area contributed by atoms with E-state index in [-0.39, 0.29) is 11.1 Å². The number of hydrogen-bond acceptors (Lipinski definition) is 5. The minimum Gasteiger partial charge on any atom is -0.378 e. The predicted octanol–water partition coefficient (Wildman–Crippen LogP) is 4.43. The number of fused-ring (bicyclic) bond motifs is 3. The molecule has 0 bridgehead atoms. The van der Waals surface area contributed by atoms with E-state index in [1.54, 1.807) is 12.1 Å². The van der Waals surface area contributed by atoms with Crippen molar-refractivity contribution in [1.29, 1.82) is 0 Å². The van der Waals surface area contributed by atoms with Gasteiger partial charge in [-0.15, -0.1) is 5.53 Å². The molecule has 0 radical (unpaired) electrons. The summed E-state index contributed by atoms with van der Waals surface area (Å²) in [6, 6.07) is 11.7. The Morgan fingerprint density at radius 2 is 2.10 bits per heavy atom. The summed E-state index contributed by atoms with van der Waals surface area (Å²) >= 11 is 6.03. The van der Waals surface area contributed by atoms with Crippen LogP contribution in [0, 0.1) is 5.82 Å². The number of benzene rings is 2. The summed E-state index contributed by atoms with van der Waals surface area (Å²) in [4.78, 5) is 0. The number of hydrogen-bond donors (Lipinski definition) is 4. The molecule has 2 aromatic carbocycles. The molecule has 2 aromatic rings. The zero-order valence-corrected chi connectivity index (χ0v) is 17.6. The molecule has 1 atom stereocenters. The molecule has 1 unspecified atom stereocenters. The molecule has 3 aliphatic rings. The van der Waals surface area contributed by atoms with Gasteiger partial charge in [-0.05, 0) is 67.3 Å². The van der Waals surface area contributed by atoms with Gasteiger partial charge in [-0.2, -0.15) is 0 Å². The van der Waals surface area contributed by atoms with Crippen molar-refractivity contribution in [3.05, 3.63) is 75.7 Å². The van der Waals surface area contributed by atoms with Gasteiger partial charge in [-0.3, -0.25) is 5.01 Å². The standard InChI is InChI=1S/C23H25ClFN5/c1-14-23-18-4-2-16(15-6-9-26-10-7-15)12-19(18)22(8-11-30(23)29-28-14)27-17-3-5-21(25)20(24)13-17/h2-6,12-13,22,26-29H,7-11H2,1H3. The summed E-state index contributed by atoms with van der Waals surface area (Å²) in [5.74, 6) is -0.402. The van der Waals surface area contributed by atoms with Gasteiger partial charge in [0.25, 0.3) is 0 Å². The first-order chi connectivity index (χ1) is 14.6. The largest absolute Gasteiger partial charge is 0.378 e. The number of nitrogens with zero attached hydrogens (tertiary/aromatic N) is 1. The van der Waals surface area contributed by atoms with Gasteiger partial charge in [0.15, 0.2) is 0 Å². The molecule has 0 aliphatic carbocycles. The molecule has 0 aromatic heterocycles. The van der Waals surface area contributed by atoms with Crippen molar-refractivity contribution >= 4 is 28.6 Å². The quantitative estimate of drug-likeness (QED) is 0.586. The lowest BCUT2D eigenvalue weighted by molar-refractivity contribution is 0.281. The Morgan fingerprint density at radius 1 is 1.20 bits per heavy atom. The SMILES string of the molecule is CC1=C2c3ccc(C4=CCNCC4)cc3C(Nc3ccc(F)c(Cl)c3)CCN2NN1. The number of halogens is 2. The molecular formula is C23H25ClFN5. The molecule has 3 heterocycles. The summed E-state index contributed by atoms with van der Waals surface area (Å²) < 4.78 is 13.6. The first-order valence-electron chi connectivity index (χ1n) is 10.4. The van der Waals surface area contributed by atoms with Gasteiger partial charge in [0, 0.05) is 24.3 Å². The minimum absolute atomic E-state index is 0.0801. The predicted molar refractivity (Wildman–Crippen MR) is 120 cm³/mol. The van der Waals surface area contributed by atoms with Gasteiger partial charge in [-0.25, -0.2) is 4.39 Å². The molecular weight excluding hydrogens is 401 g/mol. The van der Waals surface area contributed by atoms with Gasteiger partial charge >= 0.3 is 0 Å². The number of hydrazine groups is 2. The Labute approximate surface area is 180 Å². The highest BCUT2D eigenvalue weighted by molar-refractivity contribution is 6.31. The van der Waals surface area contributed by atoms with E-state index in [9.17, 15) is 4.39 Å². The van der Waals surface area contributed by atoms with Crippen LogP contribution in [0.5, 0.6) is 0 Å². The van der Waals surface area contributed by atoms with E-state index in [1.807, 2.05) is 0 Å². The Morgan fingerprint density at radius 3 is 2.90 bits per heavy atom. The molecule has 0 fully saturated rings. The van der Waals surface area contributed by atoms with Crippen LogP contribution in [0.15, 0.2) is 48.2 Å². The molecule has 30 heavy (non-hydrogen) atoms. The molecule has 0 saturated carbocycles. The fourth-order valence-corrected chi connectivity index (χ4v) is 4.67. The van der Waals surface area contributed by atoms with E-state index in [1.165, 1.54) is 34.0 Å². The fourth-order valence-electron chi connectivity index (χ4n) is 4.49. The zero-order chi connectivity index (χ0) is 20.7. The number of allylic oxidation sites excluding steroid dienone is 1. The van der Waals surface area contributed by atoms with Crippen molar-refractivity contribution in [3.8, 4) is 0 Å². The summed E-state index contributed by atoms with van der Waals surface area (Å²) in [5, 5.41) is 9.28. The highest BCUT2D eigenvalue weighted by atomic mass is 35.5. The average Bonchev–Trinajstić information content (AvgIpc) is 3.06. The maximum Gasteiger partial charge on any atom is 0.141 e. The Bertz CT molecular complexity index is 1050. The normalized spacial score (nSPS) is 20.8. The lowest BCUT2D eigenvalue weighted by Crippen LogP contribution is -2.37. The molecule has 3 aliphatic heterocycles. The minimum atomic E-state index is -0.402. The summed E-state index contributed by atoms with van der Waals surface area (Å²) in [5.41, 5.74) is 14.7. The van der Waals surface area contributed by atoms with E-state index in [0.29, 0.717) is 0 Å². The first kappa shape index (κ1) is 19.4. The molecule has 7 heteroatoms. The number of rotatable bonds is 3. The van der Waals surface area contributed by atoms with Crippen LogP contribution in [0.4, 0.5) is 10.1 Å². The molecule has 4 N–H and O–H groups in total. The van der Waals surface area contributed by atoms with E-state index in [2.05, 4.69) is 57.8 Å². The highest BCUT2D eigenvalue weighted by Crippen LogP contribution is 2.39.